The number of carbonyl (C=O) groups excluding carboxylic acids is 1. The van der Waals surface area contributed by atoms with Gasteiger partial charge in [-0.1, -0.05) is 33.1 Å². The Morgan fingerprint density at radius 3 is 2.84 bits per heavy atom. The molecule has 0 aromatic rings. The SMILES string of the molecule is CCCNC(CCOC1CCCC(CC)C1)C(N)=O. The van der Waals surface area contributed by atoms with Crippen LogP contribution in [-0.2, 0) is 9.53 Å². The van der Waals surface area contributed by atoms with Gasteiger partial charge in [-0.3, -0.25) is 4.79 Å². The molecular weight excluding hydrogens is 240 g/mol. The van der Waals surface area contributed by atoms with Crippen LogP contribution in [0.3, 0.4) is 0 Å². The van der Waals surface area contributed by atoms with E-state index in [-0.39, 0.29) is 11.9 Å². The second-order valence-electron chi connectivity index (χ2n) is 5.63. The summed E-state index contributed by atoms with van der Waals surface area (Å²) in [7, 11) is 0. The van der Waals surface area contributed by atoms with Crippen LogP contribution in [0.25, 0.3) is 0 Å². The van der Waals surface area contributed by atoms with Crippen molar-refractivity contribution >= 4 is 5.91 Å². The first-order valence-electron chi connectivity index (χ1n) is 7.81. The average Bonchev–Trinajstić information content (AvgIpc) is 2.42. The van der Waals surface area contributed by atoms with E-state index in [1.807, 2.05) is 0 Å². The molecule has 1 rings (SSSR count). The van der Waals surface area contributed by atoms with Crippen LogP contribution in [0.2, 0.25) is 0 Å². The predicted octanol–water partition coefficient (Wildman–Crippen LogP) is 2.22. The van der Waals surface area contributed by atoms with E-state index in [4.69, 9.17) is 10.5 Å². The maximum absolute atomic E-state index is 11.3. The van der Waals surface area contributed by atoms with Crippen LogP contribution in [0.1, 0.15) is 58.8 Å². The van der Waals surface area contributed by atoms with Crippen molar-refractivity contribution in [3.63, 3.8) is 0 Å². The molecule has 1 fully saturated rings. The Bertz CT molecular complexity index is 259. The Morgan fingerprint density at radius 2 is 2.21 bits per heavy atom. The summed E-state index contributed by atoms with van der Waals surface area (Å²) in [5.41, 5.74) is 5.38. The molecule has 1 amide bonds. The summed E-state index contributed by atoms with van der Waals surface area (Å²) in [6.45, 7) is 5.79. The number of ether oxygens (including phenoxy) is 1. The van der Waals surface area contributed by atoms with Crippen LogP contribution in [-0.4, -0.2) is 31.2 Å². The molecule has 4 heteroatoms. The van der Waals surface area contributed by atoms with Crippen molar-refractivity contribution in [3.8, 4) is 0 Å². The largest absolute Gasteiger partial charge is 0.378 e. The van der Waals surface area contributed by atoms with Gasteiger partial charge in [0, 0.05) is 6.61 Å². The van der Waals surface area contributed by atoms with Crippen molar-refractivity contribution < 1.29 is 9.53 Å². The maximum atomic E-state index is 11.3. The Labute approximate surface area is 117 Å². The van der Waals surface area contributed by atoms with Crippen molar-refractivity contribution in [1.82, 2.24) is 5.32 Å². The fraction of sp³-hybridized carbons (Fsp3) is 0.933. The second-order valence-corrected chi connectivity index (χ2v) is 5.63. The van der Waals surface area contributed by atoms with E-state index in [0.717, 1.165) is 18.9 Å². The molecule has 1 aliphatic rings. The maximum Gasteiger partial charge on any atom is 0.234 e. The molecule has 0 aromatic carbocycles. The normalized spacial score (nSPS) is 25.2. The van der Waals surface area contributed by atoms with E-state index in [1.54, 1.807) is 0 Å². The summed E-state index contributed by atoms with van der Waals surface area (Å²) < 4.78 is 5.93. The highest BCUT2D eigenvalue weighted by atomic mass is 16.5. The summed E-state index contributed by atoms with van der Waals surface area (Å²) in [5.74, 6) is 0.552. The standard InChI is InChI=1S/C15H30N2O2/c1-3-9-17-14(15(16)18)8-10-19-13-7-5-6-12(4-2)11-13/h12-14,17H,3-11H2,1-2H3,(H2,16,18). The Balaban J connectivity index is 2.21. The Morgan fingerprint density at radius 1 is 1.42 bits per heavy atom. The van der Waals surface area contributed by atoms with Crippen molar-refractivity contribution in [3.05, 3.63) is 0 Å². The molecule has 0 aliphatic heterocycles. The zero-order valence-electron chi connectivity index (χ0n) is 12.5. The number of nitrogens with one attached hydrogen (secondary N) is 1. The molecule has 1 saturated carbocycles. The third-order valence-corrected chi connectivity index (χ3v) is 4.06. The molecule has 0 spiro atoms. The third kappa shape index (κ3) is 6.39. The number of hydrogen-bond acceptors (Lipinski definition) is 3. The smallest absolute Gasteiger partial charge is 0.234 e. The molecule has 0 saturated heterocycles. The molecule has 0 aromatic heterocycles. The molecule has 1 aliphatic carbocycles. The molecule has 0 radical (unpaired) electrons. The number of carbonyl (C=O) groups is 1. The van der Waals surface area contributed by atoms with Gasteiger partial charge in [-0.2, -0.15) is 0 Å². The molecule has 0 heterocycles. The highest BCUT2D eigenvalue weighted by Crippen LogP contribution is 2.28. The number of rotatable bonds is 9. The van der Waals surface area contributed by atoms with E-state index in [2.05, 4.69) is 19.2 Å². The lowest BCUT2D eigenvalue weighted by molar-refractivity contribution is -0.120. The summed E-state index contributed by atoms with van der Waals surface area (Å²) >= 11 is 0. The first-order chi connectivity index (χ1) is 9.17. The van der Waals surface area contributed by atoms with Crippen LogP contribution in [0.4, 0.5) is 0 Å². The first kappa shape index (κ1) is 16.4. The van der Waals surface area contributed by atoms with Gasteiger partial charge in [0.2, 0.25) is 5.91 Å². The minimum absolute atomic E-state index is 0.245. The minimum Gasteiger partial charge on any atom is -0.378 e. The lowest BCUT2D eigenvalue weighted by Gasteiger charge is -2.29. The predicted molar refractivity (Wildman–Crippen MR) is 77.9 cm³/mol. The van der Waals surface area contributed by atoms with Gasteiger partial charge >= 0.3 is 0 Å². The molecule has 4 nitrogen and oxygen atoms in total. The molecule has 3 N–H and O–H groups in total. The molecule has 3 atom stereocenters. The van der Waals surface area contributed by atoms with Crippen LogP contribution in [0.5, 0.6) is 0 Å². The van der Waals surface area contributed by atoms with Crippen LogP contribution >= 0.6 is 0 Å². The molecular formula is C15H30N2O2. The monoisotopic (exact) mass is 270 g/mol. The minimum atomic E-state index is -0.271. The number of nitrogens with two attached hydrogens (primary N) is 1. The fourth-order valence-electron chi connectivity index (χ4n) is 2.78. The van der Waals surface area contributed by atoms with Gasteiger partial charge in [0.1, 0.15) is 0 Å². The number of hydrogen-bond donors (Lipinski definition) is 2. The van der Waals surface area contributed by atoms with Crippen LogP contribution in [0, 0.1) is 5.92 Å². The van der Waals surface area contributed by atoms with E-state index < -0.39 is 0 Å². The lowest BCUT2D eigenvalue weighted by Crippen LogP contribution is -2.42. The van der Waals surface area contributed by atoms with Gasteiger partial charge in [-0.25, -0.2) is 0 Å². The van der Waals surface area contributed by atoms with Crippen molar-refractivity contribution in [2.75, 3.05) is 13.2 Å². The third-order valence-electron chi connectivity index (χ3n) is 4.06. The first-order valence-corrected chi connectivity index (χ1v) is 7.81. The van der Waals surface area contributed by atoms with Gasteiger partial charge in [-0.05, 0) is 38.1 Å². The summed E-state index contributed by atoms with van der Waals surface area (Å²) in [6.07, 6.45) is 8.30. The van der Waals surface area contributed by atoms with E-state index in [1.165, 1.54) is 32.1 Å². The summed E-state index contributed by atoms with van der Waals surface area (Å²) in [4.78, 5) is 11.3. The topological polar surface area (TPSA) is 64.3 Å². The quantitative estimate of drug-likeness (QED) is 0.675. The second kappa shape index (κ2) is 9.32. The molecule has 112 valence electrons. The van der Waals surface area contributed by atoms with E-state index in [0.29, 0.717) is 19.1 Å². The molecule has 3 unspecified atom stereocenters. The van der Waals surface area contributed by atoms with Gasteiger partial charge in [0.25, 0.3) is 0 Å². The van der Waals surface area contributed by atoms with Gasteiger partial charge in [0.15, 0.2) is 0 Å². The van der Waals surface area contributed by atoms with Crippen molar-refractivity contribution in [1.29, 1.82) is 0 Å². The number of amides is 1. The van der Waals surface area contributed by atoms with Gasteiger partial charge in [-0.15, -0.1) is 0 Å². The Kier molecular flexibility index (Phi) is 8.07. The van der Waals surface area contributed by atoms with Gasteiger partial charge in [0.05, 0.1) is 12.1 Å². The van der Waals surface area contributed by atoms with Crippen LogP contribution in [0.15, 0.2) is 0 Å². The lowest BCUT2D eigenvalue weighted by atomic mass is 9.85. The van der Waals surface area contributed by atoms with Crippen LogP contribution < -0.4 is 11.1 Å². The average molecular weight is 270 g/mol. The highest BCUT2D eigenvalue weighted by Gasteiger charge is 2.22. The number of primary amides is 1. The fourth-order valence-corrected chi connectivity index (χ4v) is 2.78. The van der Waals surface area contributed by atoms with E-state index in [9.17, 15) is 4.79 Å². The summed E-state index contributed by atoms with van der Waals surface area (Å²) in [5, 5.41) is 3.17. The summed E-state index contributed by atoms with van der Waals surface area (Å²) in [6, 6.07) is -0.245. The molecule has 19 heavy (non-hydrogen) atoms. The van der Waals surface area contributed by atoms with Crippen molar-refractivity contribution in [2.45, 2.75) is 70.9 Å². The highest BCUT2D eigenvalue weighted by molar-refractivity contribution is 5.79. The van der Waals surface area contributed by atoms with Gasteiger partial charge < -0.3 is 15.8 Å². The Hall–Kier alpha value is -0.610. The zero-order valence-corrected chi connectivity index (χ0v) is 12.5. The van der Waals surface area contributed by atoms with Crippen molar-refractivity contribution in [2.24, 2.45) is 11.7 Å². The van der Waals surface area contributed by atoms with E-state index >= 15 is 0 Å². The zero-order chi connectivity index (χ0) is 14.1. The molecule has 0 bridgehead atoms.